The van der Waals surface area contributed by atoms with Crippen molar-refractivity contribution in [2.75, 3.05) is 6.54 Å². The summed E-state index contributed by atoms with van der Waals surface area (Å²) in [6.07, 6.45) is 7.75. The normalized spacial score (nSPS) is 18.3. The first-order chi connectivity index (χ1) is 10.3. The molecule has 0 saturated carbocycles. The van der Waals surface area contributed by atoms with Crippen molar-refractivity contribution in [2.45, 2.75) is 45.2 Å². The minimum atomic E-state index is 0.0308. The standard InChI is InChI=1S/C15H21N5O/c1-2-5-12-10-14(18-17-12)15(21)20-9-3-6-13(20)11-19-8-4-7-16-19/h4,7-8,10,13H,2-3,5-6,9,11H2,1H3,(H,17,18). The molecule has 1 atom stereocenters. The van der Waals surface area contributed by atoms with Gasteiger partial charge in [-0.1, -0.05) is 13.3 Å². The Morgan fingerprint density at radius 2 is 2.43 bits per heavy atom. The van der Waals surface area contributed by atoms with E-state index in [0.29, 0.717) is 5.69 Å². The number of aromatic nitrogens is 4. The van der Waals surface area contributed by atoms with Gasteiger partial charge in [-0.2, -0.15) is 10.2 Å². The van der Waals surface area contributed by atoms with E-state index in [9.17, 15) is 4.79 Å². The number of hydrogen-bond donors (Lipinski definition) is 1. The summed E-state index contributed by atoms with van der Waals surface area (Å²) >= 11 is 0. The van der Waals surface area contributed by atoms with Crippen LogP contribution in [0, 0.1) is 0 Å². The lowest BCUT2D eigenvalue weighted by Gasteiger charge is -2.23. The van der Waals surface area contributed by atoms with Gasteiger partial charge >= 0.3 is 0 Å². The maximum atomic E-state index is 12.6. The molecule has 1 saturated heterocycles. The van der Waals surface area contributed by atoms with Crippen LogP contribution in [0.15, 0.2) is 24.5 Å². The van der Waals surface area contributed by atoms with Crippen LogP contribution in [0.3, 0.4) is 0 Å². The van der Waals surface area contributed by atoms with Gasteiger partial charge in [-0.15, -0.1) is 0 Å². The molecule has 6 nitrogen and oxygen atoms in total. The Labute approximate surface area is 124 Å². The van der Waals surface area contributed by atoms with Gasteiger partial charge in [-0.3, -0.25) is 14.6 Å². The summed E-state index contributed by atoms with van der Waals surface area (Å²) in [5, 5.41) is 11.4. The van der Waals surface area contributed by atoms with E-state index in [4.69, 9.17) is 0 Å². The Bertz CT molecular complexity index is 589. The number of H-pyrrole nitrogens is 1. The number of carbonyl (C=O) groups excluding carboxylic acids is 1. The average molecular weight is 287 g/mol. The van der Waals surface area contributed by atoms with Crippen molar-refractivity contribution in [1.82, 2.24) is 24.9 Å². The van der Waals surface area contributed by atoms with E-state index < -0.39 is 0 Å². The Morgan fingerprint density at radius 3 is 3.19 bits per heavy atom. The minimum Gasteiger partial charge on any atom is -0.332 e. The first-order valence-electron chi connectivity index (χ1n) is 7.60. The van der Waals surface area contributed by atoms with Crippen molar-refractivity contribution in [3.05, 3.63) is 35.9 Å². The molecule has 1 aliphatic rings. The number of nitrogens with one attached hydrogen (secondary N) is 1. The summed E-state index contributed by atoms with van der Waals surface area (Å²) in [4.78, 5) is 14.6. The predicted octanol–water partition coefficient (Wildman–Crippen LogP) is 1.86. The van der Waals surface area contributed by atoms with Gasteiger partial charge in [0, 0.05) is 24.6 Å². The van der Waals surface area contributed by atoms with Crippen LogP contribution in [-0.2, 0) is 13.0 Å². The van der Waals surface area contributed by atoms with Gasteiger partial charge in [-0.25, -0.2) is 0 Å². The molecule has 112 valence electrons. The molecule has 0 radical (unpaired) electrons. The van der Waals surface area contributed by atoms with E-state index in [1.54, 1.807) is 6.20 Å². The van der Waals surface area contributed by atoms with Crippen molar-refractivity contribution in [3.63, 3.8) is 0 Å². The predicted molar refractivity (Wildman–Crippen MR) is 78.9 cm³/mol. The van der Waals surface area contributed by atoms with E-state index in [1.165, 1.54) is 0 Å². The molecule has 0 spiro atoms. The van der Waals surface area contributed by atoms with Crippen molar-refractivity contribution >= 4 is 5.91 Å². The molecule has 1 N–H and O–H groups in total. The van der Waals surface area contributed by atoms with Gasteiger partial charge in [-0.05, 0) is 31.4 Å². The largest absolute Gasteiger partial charge is 0.332 e. The molecule has 0 aliphatic carbocycles. The maximum Gasteiger partial charge on any atom is 0.274 e. The average Bonchev–Trinajstić information content (AvgIpc) is 3.20. The van der Waals surface area contributed by atoms with Crippen molar-refractivity contribution in [1.29, 1.82) is 0 Å². The van der Waals surface area contributed by atoms with Crippen LogP contribution >= 0.6 is 0 Å². The zero-order valence-corrected chi connectivity index (χ0v) is 12.3. The van der Waals surface area contributed by atoms with Gasteiger partial charge in [0.25, 0.3) is 5.91 Å². The van der Waals surface area contributed by atoms with E-state index in [-0.39, 0.29) is 11.9 Å². The van der Waals surface area contributed by atoms with Gasteiger partial charge in [0.15, 0.2) is 0 Å². The fourth-order valence-corrected chi connectivity index (χ4v) is 2.93. The van der Waals surface area contributed by atoms with Gasteiger partial charge in [0.05, 0.1) is 12.6 Å². The lowest BCUT2D eigenvalue weighted by atomic mass is 10.2. The third kappa shape index (κ3) is 2.99. The number of aromatic amines is 1. The Kier molecular flexibility index (Phi) is 4.03. The number of likely N-dealkylation sites (tertiary alicyclic amines) is 1. The van der Waals surface area contributed by atoms with Crippen LogP contribution in [0.25, 0.3) is 0 Å². The first kappa shape index (κ1) is 13.9. The zero-order chi connectivity index (χ0) is 14.7. The number of rotatable bonds is 5. The Balaban J connectivity index is 1.70. The molecule has 0 aromatic carbocycles. The molecule has 1 amide bonds. The molecule has 1 fully saturated rings. The summed E-state index contributed by atoms with van der Waals surface area (Å²) in [5.41, 5.74) is 1.56. The highest BCUT2D eigenvalue weighted by Crippen LogP contribution is 2.21. The van der Waals surface area contributed by atoms with E-state index >= 15 is 0 Å². The van der Waals surface area contributed by atoms with E-state index in [1.807, 2.05) is 27.9 Å². The Hall–Kier alpha value is -2.11. The maximum absolute atomic E-state index is 12.6. The number of carbonyl (C=O) groups is 1. The quantitative estimate of drug-likeness (QED) is 0.912. The van der Waals surface area contributed by atoms with Crippen molar-refractivity contribution in [2.24, 2.45) is 0 Å². The topological polar surface area (TPSA) is 66.8 Å². The highest BCUT2D eigenvalue weighted by molar-refractivity contribution is 5.92. The first-order valence-corrected chi connectivity index (χ1v) is 7.60. The molecule has 21 heavy (non-hydrogen) atoms. The van der Waals surface area contributed by atoms with Crippen LogP contribution in [-0.4, -0.2) is 43.4 Å². The van der Waals surface area contributed by atoms with E-state index in [2.05, 4.69) is 22.2 Å². The highest BCUT2D eigenvalue weighted by Gasteiger charge is 2.30. The van der Waals surface area contributed by atoms with Gasteiger partial charge in [0.2, 0.25) is 0 Å². The Morgan fingerprint density at radius 1 is 1.52 bits per heavy atom. The monoisotopic (exact) mass is 287 g/mol. The molecule has 1 unspecified atom stereocenters. The highest BCUT2D eigenvalue weighted by atomic mass is 16.2. The minimum absolute atomic E-state index is 0.0308. The van der Waals surface area contributed by atoms with Crippen LogP contribution in [0.5, 0.6) is 0 Å². The molecule has 2 aromatic rings. The summed E-state index contributed by atoms with van der Waals surface area (Å²) in [6, 6.07) is 4.00. The van der Waals surface area contributed by atoms with Crippen LogP contribution in [0.4, 0.5) is 0 Å². The zero-order valence-electron chi connectivity index (χ0n) is 12.3. The van der Waals surface area contributed by atoms with Crippen LogP contribution in [0.1, 0.15) is 42.4 Å². The molecule has 1 aliphatic heterocycles. The smallest absolute Gasteiger partial charge is 0.274 e. The summed E-state index contributed by atoms with van der Waals surface area (Å²) in [5.74, 6) is 0.0308. The van der Waals surface area contributed by atoms with Crippen LogP contribution < -0.4 is 0 Å². The summed E-state index contributed by atoms with van der Waals surface area (Å²) in [7, 11) is 0. The van der Waals surface area contributed by atoms with Crippen LogP contribution in [0.2, 0.25) is 0 Å². The van der Waals surface area contributed by atoms with Gasteiger partial charge in [0.1, 0.15) is 5.69 Å². The lowest BCUT2D eigenvalue weighted by Crippen LogP contribution is -2.38. The van der Waals surface area contributed by atoms with Crippen molar-refractivity contribution < 1.29 is 4.79 Å². The summed E-state index contributed by atoms with van der Waals surface area (Å²) < 4.78 is 1.89. The fraction of sp³-hybridized carbons (Fsp3) is 0.533. The molecular weight excluding hydrogens is 266 g/mol. The summed E-state index contributed by atoms with van der Waals surface area (Å²) in [6.45, 7) is 3.68. The fourth-order valence-electron chi connectivity index (χ4n) is 2.93. The molecule has 3 rings (SSSR count). The second-order valence-electron chi connectivity index (χ2n) is 5.55. The molecule has 2 aromatic heterocycles. The number of aryl methyl sites for hydroxylation is 1. The van der Waals surface area contributed by atoms with Gasteiger partial charge < -0.3 is 4.90 Å². The SMILES string of the molecule is CCCc1cc(C(=O)N2CCCC2Cn2cccn2)n[nH]1. The van der Waals surface area contributed by atoms with Crippen molar-refractivity contribution in [3.8, 4) is 0 Å². The second kappa shape index (κ2) is 6.11. The van der Waals surface area contributed by atoms with E-state index in [0.717, 1.165) is 44.5 Å². The molecule has 6 heteroatoms. The molecular formula is C15H21N5O. The third-order valence-electron chi connectivity index (χ3n) is 3.96. The number of hydrogen-bond acceptors (Lipinski definition) is 3. The second-order valence-corrected chi connectivity index (χ2v) is 5.55. The number of amides is 1. The number of nitrogens with zero attached hydrogens (tertiary/aromatic N) is 4. The molecule has 0 bridgehead atoms. The molecule has 3 heterocycles. The lowest BCUT2D eigenvalue weighted by molar-refractivity contribution is 0.0715. The third-order valence-corrected chi connectivity index (χ3v) is 3.96.